The molecule has 29 heavy (non-hydrogen) atoms. The molecule has 0 spiro atoms. The summed E-state index contributed by atoms with van der Waals surface area (Å²) in [5.41, 5.74) is 3.23. The second kappa shape index (κ2) is 7.20. The number of hydrogen-bond acceptors (Lipinski definition) is 7. The number of rotatable bonds is 5. The Labute approximate surface area is 171 Å². The Bertz CT molecular complexity index is 1290. The summed E-state index contributed by atoms with van der Waals surface area (Å²) in [4.78, 5) is 13.3. The van der Waals surface area contributed by atoms with E-state index in [1.807, 2.05) is 13.8 Å². The van der Waals surface area contributed by atoms with Crippen LogP contribution in [0.1, 0.15) is 32.3 Å². The Hall–Kier alpha value is -2.85. The lowest BCUT2D eigenvalue weighted by atomic mass is 10.2. The van der Waals surface area contributed by atoms with E-state index in [9.17, 15) is 18.3 Å². The molecule has 1 atom stereocenters. The summed E-state index contributed by atoms with van der Waals surface area (Å²) < 4.78 is 30.8. The second-order valence-electron chi connectivity index (χ2n) is 6.85. The van der Waals surface area contributed by atoms with E-state index in [2.05, 4.69) is 15.1 Å². The van der Waals surface area contributed by atoms with Crippen LogP contribution in [0.5, 0.6) is 5.75 Å². The van der Waals surface area contributed by atoms with Crippen molar-refractivity contribution in [1.29, 1.82) is 0 Å². The van der Waals surface area contributed by atoms with E-state index in [1.165, 1.54) is 22.1 Å². The van der Waals surface area contributed by atoms with E-state index in [0.717, 1.165) is 12.8 Å². The molecular weight excluding hydrogens is 412 g/mol. The molecule has 3 heterocycles. The third kappa shape index (κ3) is 3.28. The van der Waals surface area contributed by atoms with Crippen molar-refractivity contribution in [3.05, 3.63) is 51.6 Å². The Balaban J connectivity index is 1.94. The second-order valence-corrected chi connectivity index (χ2v) is 9.34. The van der Waals surface area contributed by atoms with E-state index in [-0.39, 0.29) is 28.1 Å². The van der Waals surface area contributed by atoms with Gasteiger partial charge in [-0.05, 0) is 36.9 Å². The van der Waals surface area contributed by atoms with Crippen LogP contribution in [0.15, 0.2) is 49.8 Å². The van der Waals surface area contributed by atoms with Crippen LogP contribution in [-0.2, 0) is 10.0 Å². The van der Waals surface area contributed by atoms with Gasteiger partial charge in [-0.15, -0.1) is 15.7 Å². The van der Waals surface area contributed by atoms with Crippen molar-refractivity contribution in [2.24, 2.45) is 4.40 Å². The van der Waals surface area contributed by atoms with Gasteiger partial charge in [0.25, 0.3) is 15.6 Å². The van der Waals surface area contributed by atoms with E-state index in [0.29, 0.717) is 15.9 Å². The largest absolute Gasteiger partial charge is 0.505 e. The van der Waals surface area contributed by atoms with Crippen LogP contribution in [0.25, 0.3) is 10.2 Å². The van der Waals surface area contributed by atoms with Gasteiger partial charge in [0.15, 0.2) is 11.6 Å². The fourth-order valence-electron chi connectivity index (χ4n) is 3.37. The van der Waals surface area contributed by atoms with Crippen LogP contribution in [0.2, 0.25) is 0 Å². The van der Waals surface area contributed by atoms with Crippen LogP contribution >= 0.6 is 11.3 Å². The van der Waals surface area contributed by atoms with Crippen molar-refractivity contribution in [2.45, 2.75) is 37.6 Å². The topological polar surface area (TPSA) is 113 Å². The Kier molecular flexibility index (Phi) is 4.83. The molecule has 152 valence electrons. The standard InChI is InChI=1S/C19H20N4O4S2/c1-3-6-11(2)21-23-13-9-10-28-17(13)16(24)15(19(23)25)18-20-12-7-4-5-8-14(12)29(26,27)22-18/h4-5,7-11,21,24H,3,6H2,1-2H3,(H,20,22). The molecule has 10 heteroatoms. The first kappa shape index (κ1) is 19.5. The fraction of sp³-hybridized carbons (Fsp3) is 0.263. The summed E-state index contributed by atoms with van der Waals surface area (Å²) in [6, 6.07) is 8.04. The number of aromatic hydroxyl groups is 1. The third-order valence-corrected chi connectivity index (χ3v) is 6.94. The number of thiophene rings is 1. The highest BCUT2D eigenvalue weighted by Crippen LogP contribution is 2.34. The molecule has 3 aromatic rings. The molecule has 4 rings (SSSR count). The van der Waals surface area contributed by atoms with Crippen molar-refractivity contribution < 1.29 is 13.5 Å². The van der Waals surface area contributed by atoms with Gasteiger partial charge >= 0.3 is 0 Å². The van der Waals surface area contributed by atoms with Gasteiger partial charge in [-0.1, -0.05) is 25.5 Å². The number of aromatic nitrogens is 1. The average Bonchev–Trinajstić information content (AvgIpc) is 3.15. The zero-order chi connectivity index (χ0) is 20.8. The van der Waals surface area contributed by atoms with Crippen molar-refractivity contribution in [3.8, 4) is 5.75 Å². The smallest absolute Gasteiger partial charge is 0.286 e. The van der Waals surface area contributed by atoms with E-state index in [1.54, 1.807) is 29.6 Å². The Morgan fingerprint density at radius 3 is 2.83 bits per heavy atom. The molecule has 1 aliphatic rings. The molecule has 8 nitrogen and oxygen atoms in total. The Morgan fingerprint density at radius 1 is 1.31 bits per heavy atom. The first-order chi connectivity index (χ1) is 13.8. The quantitative estimate of drug-likeness (QED) is 0.571. The lowest BCUT2D eigenvalue weighted by Gasteiger charge is -2.21. The van der Waals surface area contributed by atoms with Gasteiger partial charge in [0.2, 0.25) is 0 Å². The maximum atomic E-state index is 13.3. The molecule has 0 saturated carbocycles. The summed E-state index contributed by atoms with van der Waals surface area (Å²) in [5.74, 6) is -0.484. The predicted molar refractivity (Wildman–Crippen MR) is 115 cm³/mol. The van der Waals surface area contributed by atoms with E-state index in [4.69, 9.17) is 0 Å². The lowest BCUT2D eigenvalue weighted by Crippen LogP contribution is -2.39. The van der Waals surface area contributed by atoms with E-state index < -0.39 is 15.6 Å². The van der Waals surface area contributed by atoms with Gasteiger partial charge < -0.3 is 15.8 Å². The zero-order valence-corrected chi connectivity index (χ0v) is 17.5. The van der Waals surface area contributed by atoms with Gasteiger partial charge in [0.1, 0.15) is 10.5 Å². The summed E-state index contributed by atoms with van der Waals surface area (Å²) in [5, 5.41) is 15.5. The normalized spacial score (nSPS) is 16.0. The summed E-state index contributed by atoms with van der Waals surface area (Å²) in [6.07, 6.45) is 1.78. The molecule has 2 aromatic heterocycles. The van der Waals surface area contributed by atoms with Crippen molar-refractivity contribution in [1.82, 2.24) is 4.68 Å². The number of para-hydroxylation sites is 1. The zero-order valence-electron chi connectivity index (χ0n) is 15.8. The number of amidine groups is 1. The summed E-state index contributed by atoms with van der Waals surface area (Å²) in [6.45, 7) is 4.00. The summed E-state index contributed by atoms with van der Waals surface area (Å²) >= 11 is 1.26. The number of nitrogens with one attached hydrogen (secondary N) is 2. The number of anilines is 1. The fourth-order valence-corrected chi connectivity index (χ4v) is 5.32. The van der Waals surface area contributed by atoms with Gasteiger partial charge in [0.05, 0.1) is 15.9 Å². The molecule has 0 fully saturated rings. The highest BCUT2D eigenvalue weighted by atomic mass is 32.2. The van der Waals surface area contributed by atoms with Gasteiger partial charge in [0, 0.05) is 6.04 Å². The van der Waals surface area contributed by atoms with Crippen LogP contribution < -0.4 is 16.3 Å². The molecule has 0 aliphatic carbocycles. The molecule has 0 bridgehead atoms. The maximum Gasteiger partial charge on any atom is 0.286 e. The van der Waals surface area contributed by atoms with Crippen LogP contribution in [0.3, 0.4) is 0 Å². The monoisotopic (exact) mass is 432 g/mol. The van der Waals surface area contributed by atoms with Crippen molar-refractivity contribution in [2.75, 3.05) is 10.7 Å². The summed E-state index contributed by atoms with van der Waals surface area (Å²) in [7, 11) is -4.01. The molecular formula is C19H20N4O4S2. The van der Waals surface area contributed by atoms with Crippen molar-refractivity contribution in [3.63, 3.8) is 0 Å². The maximum absolute atomic E-state index is 13.3. The minimum absolute atomic E-state index is 0.00362. The molecule has 1 unspecified atom stereocenters. The van der Waals surface area contributed by atoms with Crippen LogP contribution in [0.4, 0.5) is 5.69 Å². The Morgan fingerprint density at radius 2 is 2.07 bits per heavy atom. The number of fused-ring (bicyclic) bond motifs is 2. The van der Waals surface area contributed by atoms with Gasteiger partial charge in [-0.25, -0.2) is 4.68 Å². The number of nitrogens with zero attached hydrogens (tertiary/aromatic N) is 2. The minimum atomic E-state index is -4.01. The first-order valence-corrected chi connectivity index (χ1v) is 11.5. The lowest BCUT2D eigenvalue weighted by molar-refractivity contribution is 0.478. The molecule has 0 saturated heterocycles. The molecule has 1 aliphatic heterocycles. The highest BCUT2D eigenvalue weighted by molar-refractivity contribution is 7.90. The third-order valence-electron chi connectivity index (χ3n) is 4.69. The predicted octanol–water partition coefficient (Wildman–Crippen LogP) is 3.06. The van der Waals surface area contributed by atoms with E-state index >= 15 is 0 Å². The van der Waals surface area contributed by atoms with Gasteiger partial charge in [-0.3, -0.25) is 4.79 Å². The number of hydrogen-bond donors (Lipinski definition) is 3. The highest BCUT2D eigenvalue weighted by Gasteiger charge is 2.30. The SMILES string of the molecule is CCCC(C)Nn1c(=O)c(C2=NS(=O)(=O)c3ccccc3N2)c(O)c2sccc21. The van der Waals surface area contributed by atoms with Crippen LogP contribution in [0, 0.1) is 0 Å². The molecule has 3 N–H and O–H groups in total. The number of benzene rings is 1. The molecule has 1 aromatic carbocycles. The van der Waals surface area contributed by atoms with Gasteiger partial charge in [-0.2, -0.15) is 8.42 Å². The molecule has 0 amide bonds. The number of sulfonamides is 1. The molecule has 0 radical (unpaired) electrons. The van der Waals surface area contributed by atoms with Crippen LogP contribution in [-0.4, -0.2) is 30.1 Å². The average molecular weight is 433 g/mol. The minimum Gasteiger partial charge on any atom is -0.505 e. The first-order valence-electron chi connectivity index (χ1n) is 9.16. The number of pyridine rings is 1. The van der Waals surface area contributed by atoms with Crippen molar-refractivity contribution >= 4 is 43.1 Å².